The summed E-state index contributed by atoms with van der Waals surface area (Å²) in [4.78, 5) is 12.4. The molecule has 11 saturated heterocycles. The zero-order valence-electron chi connectivity index (χ0n) is 42.5. The molecule has 1 unspecified atom stereocenters. The van der Waals surface area contributed by atoms with Gasteiger partial charge in [-0.3, -0.25) is 8.98 Å². The number of carbonyl (C=O) groups is 1. The molecule has 396 valence electrons. The van der Waals surface area contributed by atoms with E-state index >= 15 is 0 Å². The van der Waals surface area contributed by atoms with Crippen molar-refractivity contribution in [2.75, 3.05) is 6.61 Å². The van der Waals surface area contributed by atoms with Crippen LogP contribution in [0.5, 0.6) is 0 Å². The summed E-state index contributed by atoms with van der Waals surface area (Å²) in [6.45, 7) is 14.6. The van der Waals surface area contributed by atoms with Crippen LogP contribution in [0.15, 0.2) is 12.2 Å². The number of carbonyl (C=O) groups excluding carboxylic acids is 1. The minimum Gasteiger partial charge on any atom is -0.726 e. The third kappa shape index (κ3) is 10.7. The Morgan fingerprint density at radius 3 is 1.88 bits per heavy atom. The van der Waals surface area contributed by atoms with Gasteiger partial charge in [-0.05, 0) is 84.6 Å². The second-order valence-electron chi connectivity index (χ2n) is 23.0. The van der Waals surface area contributed by atoms with Crippen LogP contribution in [0.25, 0.3) is 0 Å². The number of hydrogen-bond donors (Lipinski definition) is 1. The van der Waals surface area contributed by atoms with E-state index in [1.54, 1.807) is 0 Å². The standard InChI is InChI=1S/C47H70O21S2.2Na/c1-21-12-33-32(63-40(21)23(3)48)18-39-46(6,65-33)43(49)42-36(62-39)17-35-41(64-42)22(2)20-45(5)38(61-35)19-37-44(4,67-45)10-8-25-27(60-37)14-29-28(57-25)15-30-31(59-29)16-34-26(58-30)13-24(9-11-56-69(50,51)52)47(7,66-34)68-70(53,54)55;;/h22,24-43,49H,1,8-20H2,2-7H3,(H,50,51,52)(H,53,54,55);;/q;2*+1/p-2/t22-,24-,25-,26+,27+,28+,29-,30-,31+,32+,33-,34-,35-,36+,37-,38+,39-,40?,41+,42+,43+,44+,45-,46-,47+;;/m0../s1. The number of rotatable bonds is 7. The van der Waals surface area contributed by atoms with E-state index in [2.05, 4.69) is 31.5 Å². The van der Waals surface area contributed by atoms with Crippen LogP contribution < -0.4 is 59.1 Å². The van der Waals surface area contributed by atoms with E-state index in [0.29, 0.717) is 69.8 Å². The minimum atomic E-state index is -5.26. The van der Waals surface area contributed by atoms with Crippen LogP contribution in [0.2, 0.25) is 0 Å². The number of aliphatic hydroxyl groups excluding tert-OH is 1. The molecule has 11 fully saturated rings. The average molecular weight is 1080 g/mol. The first-order valence-electron chi connectivity index (χ1n) is 25.2. The van der Waals surface area contributed by atoms with E-state index in [0.717, 1.165) is 0 Å². The maximum atomic E-state index is 12.4. The molecule has 0 spiro atoms. The van der Waals surface area contributed by atoms with Crippen molar-refractivity contribution >= 4 is 26.6 Å². The third-order valence-corrected chi connectivity index (χ3v) is 19.0. The number of fused-ring (bicyclic) bond motifs is 10. The molecule has 25 atom stereocenters. The summed E-state index contributed by atoms with van der Waals surface area (Å²) in [6, 6.07) is 0. The van der Waals surface area contributed by atoms with Gasteiger partial charge < -0.3 is 66.3 Å². The third-order valence-electron chi connectivity index (χ3n) is 18.0. The molecular weight excluding hydrogens is 1010 g/mol. The maximum Gasteiger partial charge on any atom is 1.00 e. The van der Waals surface area contributed by atoms with Gasteiger partial charge in [0.15, 0.2) is 11.6 Å². The fourth-order valence-electron chi connectivity index (χ4n) is 14.6. The van der Waals surface area contributed by atoms with E-state index in [4.69, 9.17) is 56.3 Å². The van der Waals surface area contributed by atoms with E-state index < -0.39 is 111 Å². The molecule has 11 rings (SSSR count). The molecule has 11 heterocycles. The summed E-state index contributed by atoms with van der Waals surface area (Å²) < 4.78 is 153. The molecule has 11 aliphatic heterocycles. The molecule has 72 heavy (non-hydrogen) atoms. The van der Waals surface area contributed by atoms with Gasteiger partial charge in [-0.1, -0.05) is 13.5 Å². The Balaban J connectivity index is 0.00000320. The Labute approximate surface area is 466 Å². The molecule has 0 aromatic heterocycles. The molecule has 0 bridgehead atoms. The van der Waals surface area contributed by atoms with Gasteiger partial charge in [0.25, 0.3) is 0 Å². The van der Waals surface area contributed by atoms with E-state index in [9.17, 15) is 35.8 Å². The molecule has 0 aromatic rings. The molecule has 0 radical (unpaired) electrons. The molecule has 21 nitrogen and oxygen atoms in total. The first kappa shape index (κ1) is 57.4. The average Bonchev–Trinajstić information content (AvgIpc) is 3.44. The monoisotopic (exact) mass is 1080 g/mol. The summed E-state index contributed by atoms with van der Waals surface area (Å²) in [6.07, 6.45) is -3.58. The largest absolute Gasteiger partial charge is 1.00 e. The molecule has 1 N–H and O–H groups in total. The van der Waals surface area contributed by atoms with Gasteiger partial charge in [-0.25, -0.2) is 21.0 Å². The molecule has 0 aromatic carbocycles. The molecule has 25 heteroatoms. The topological polar surface area (TPSA) is 272 Å². The predicted octanol–water partition coefficient (Wildman–Crippen LogP) is -3.65. The molecule has 0 saturated carbocycles. The molecule has 0 amide bonds. The summed E-state index contributed by atoms with van der Waals surface area (Å²) in [5.74, 6) is -2.96. The molecular formula is C47H68Na2O21S2. The van der Waals surface area contributed by atoms with Crippen LogP contribution in [0.4, 0.5) is 0 Å². The molecule has 11 aliphatic rings. The summed E-state index contributed by atoms with van der Waals surface area (Å²) in [7, 11) is -10.3. The molecule has 0 aliphatic carbocycles. The minimum absolute atomic E-state index is 0. The van der Waals surface area contributed by atoms with Crippen molar-refractivity contribution in [2.24, 2.45) is 11.8 Å². The van der Waals surface area contributed by atoms with Crippen molar-refractivity contribution in [3.8, 4) is 0 Å². The van der Waals surface area contributed by atoms with Crippen molar-refractivity contribution in [3.63, 3.8) is 0 Å². The maximum absolute atomic E-state index is 12.4. The number of Topliss-reactive ketones (excluding diaryl/α,β-unsaturated/α-hetero) is 1. The number of ether oxygens (including phenoxy) is 11. The second-order valence-corrected chi connectivity index (χ2v) is 25.0. The van der Waals surface area contributed by atoms with Crippen LogP contribution in [-0.2, 0) is 86.1 Å². The SMILES string of the molecule is C=C1C[C@@H]2O[C@@]3(C)[C@H](C[C@H]2OC1C(C)=O)O[C@@H]1C[C@@H]2O[C@@H]4C[C@@H]5O[C@@H]6C[C@@H]7O[C@@H]8C[C@@H]9O[C@](C)(OS(=O)(=O)[O-])[C@@H](CCOS(=O)(=O)[O-])C[C@H]9O[C@H]8C[C@H]7O[C@H]6CC[C@@]5(C)O[C@@]4(C)C[C@H](C)[C@H]2O[C@H]1[C@H]3O.[Na+].[Na+]. The van der Waals surface area contributed by atoms with Crippen molar-refractivity contribution in [1.29, 1.82) is 0 Å². The fourth-order valence-corrected chi connectivity index (χ4v) is 15.5. The van der Waals surface area contributed by atoms with E-state index in [-0.39, 0.29) is 145 Å². The van der Waals surface area contributed by atoms with Gasteiger partial charge in [0.2, 0.25) is 20.8 Å². The van der Waals surface area contributed by atoms with E-state index in [1.165, 1.54) is 13.8 Å². The van der Waals surface area contributed by atoms with Crippen LogP contribution in [0, 0.1) is 11.8 Å². The van der Waals surface area contributed by atoms with Crippen molar-refractivity contribution in [1.82, 2.24) is 0 Å². The Morgan fingerprint density at radius 2 is 1.22 bits per heavy atom. The Bertz CT molecular complexity index is 2280. The van der Waals surface area contributed by atoms with Crippen LogP contribution in [0.1, 0.15) is 119 Å². The van der Waals surface area contributed by atoms with Gasteiger partial charge >= 0.3 is 59.1 Å². The van der Waals surface area contributed by atoms with E-state index in [1.807, 2.05) is 6.92 Å². The van der Waals surface area contributed by atoms with Gasteiger partial charge in [0.05, 0.1) is 115 Å². The summed E-state index contributed by atoms with van der Waals surface area (Å²) >= 11 is 0. The van der Waals surface area contributed by atoms with Gasteiger partial charge in [-0.15, -0.1) is 0 Å². The van der Waals surface area contributed by atoms with Gasteiger partial charge in [0, 0.05) is 44.4 Å². The predicted molar refractivity (Wildman–Crippen MR) is 234 cm³/mol. The zero-order chi connectivity index (χ0) is 49.7. The van der Waals surface area contributed by atoms with Crippen molar-refractivity contribution in [3.05, 3.63) is 12.2 Å². The van der Waals surface area contributed by atoms with Crippen LogP contribution in [0.3, 0.4) is 0 Å². The normalized spacial score (nSPS) is 52.8. The first-order chi connectivity index (χ1) is 32.8. The zero-order valence-corrected chi connectivity index (χ0v) is 48.1. The smallest absolute Gasteiger partial charge is 0.726 e. The second kappa shape index (κ2) is 20.6. The first-order valence-corrected chi connectivity index (χ1v) is 27.9. The van der Waals surface area contributed by atoms with Gasteiger partial charge in [-0.2, -0.15) is 0 Å². The van der Waals surface area contributed by atoms with Crippen LogP contribution >= 0.6 is 0 Å². The number of aliphatic hydroxyl groups is 1. The van der Waals surface area contributed by atoms with Crippen LogP contribution in [-0.4, -0.2) is 182 Å². The summed E-state index contributed by atoms with van der Waals surface area (Å²) in [5, 5.41) is 12.1. The van der Waals surface area contributed by atoms with Crippen molar-refractivity contribution in [2.45, 2.75) is 257 Å². The van der Waals surface area contributed by atoms with Crippen molar-refractivity contribution < 1.29 is 155 Å². The Morgan fingerprint density at radius 1 is 0.667 bits per heavy atom. The fraction of sp³-hybridized carbons (Fsp3) is 0.936. The Kier molecular flexibility index (Phi) is 16.4. The number of hydrogen-bond acceptors (Lipinski definition) is 21. The Hall–Kier alpha value is 0.670. The quantitative estimate of drug-likeness (QED) is 0.111. The summed E-state index contributed by atoms with van der Waals surface area (Å²) in [5.41, 5.74) is -1.76. The van der Waals surface area contributed by atoms with Gasteiger partial charge in [0.1, 0.15) is 23.9 Å². The number of ketones is 1.